The molecule has 0 spiro atoms. The number of amides is 1. The Bertz CT molecular complexity index is 748. The van der Waals surface area contributed by atoms with Crippen LogP contribution in [0.1, 0.15) is 27.7 Å². The van der Waals surface area contributed by atoms with Gasteiger partial charge in [0.25, 0.3) is 0 Å². The predicted octanol–water partition coefficient (Wildman–Crippen LogP) is 3.21. The van der Waals surface area contributed by atoms with Crippen molar-refractivity contribution in [3.8, 4) is 5.75 Å². The van der Waals surface area contributed by atoms with Crippen molar-refractivity contribution in [3.63, 3.8) is 0 Å². The second-order valence-corrected chi connectivity index (χ2v) is 6.98. The van der Waals surface area contributed by atoms with E-state index in [9.17, 15) is 4.79 Å². The van der Waals surface area contributed by atoms with Gasteiger partial charge in [0.05, 0.1) is 12.5 Å². The summed E-state index contributed by atoms with van der Waals surface area (Å²) in [5.41, 5.74) is 3.19. The zero-order valence-electron chi connectivity index (χ0n) is 11.9. The van der Waals surface area contributed by atoms with E-state index in [0.717, 1.165) is 27.4 Å². The Kier molecular flexibility index (Phi) is 3.82. The van der Waals surface area contributed by atoms with Gasteiger partial charge >= 0.3 is 0 Å². The number of aryl methyl sites for hydroxylation is 2. The summed E-state index contributed by atoms with van der Waals surface area (Å²) in [5, 5.41) is 3.04. The highest BCUT2D eigenvalue weighted by Crippen LogP contribution is 2.32. The highest BCUT2D eigenvalue weighted by molar-refractivity contribution is 7.73. The molecule has 0 bridgehead atoms. The number of hydrogen-bond acceptors (Lipinski definition) is 4. The Balaban J connectivity index is 1.71. The second-order valence-electron chi connectivity index (χ2n) is 5.21. The van der Waals surface area contributed by atoms with Crippen LogP contribution in [0.25, 0.3) is 0 Å². The third kappa shape index (κ3) is 3.01. The van der Waals surface area contributed by atoms with Gasteiger partial charge in [-0.25, -0.2) is 0 Å². The van der Waals surface area contributed by atoms with Gasteiger partial charge in [0.15, 0.2) is 3.95 Å². The highest BCUT2D eigenvalue weighted by Gasteiger charge is 2.25. The summed E-state index contributed by atoms with van der Waals surface area (Å²) in [5.74, 6) is 0.852. The Morgan fingerprint density at radius 1 is 1.52 bits per heavy atom. The molecule has 110 valence electrons. The van der Waals surface area contributed by atoms with Crippen LogP contribution in [0.15, 0.2) is 18.2 Å². The normalized spacial score (nSPS) is 16.4. The predicted molar refractivity (Wildman–Crippen MR) is 85.5 cm³/mol. The monoisotopic (exact) mass is 320 g/mol. The molecule has 0 saturated carbocycles. The third-order valence-electron chi connectivity index (χ3n) is 3.53. The summed E-state index contributed by atoms with van der Waals surface area (Å²) in [6.07, 6.45) is 0.349. The van der Waals surface area contributed by atoms with Crippen molar-refractivity contribution < 1.29 is 9.53 Å². The molecule has 2 N–H and O–H groups in total. The van der Waals surface area contributed by atoms with Crippen LogP contribution >= 0.6 is 23.6 Å². The van der Waals surface area contributed by atoms with E-state index in [1.165, 1.54) is 11.3 Å². The van der Waals surface area contributed by atoms with Crippen LogP contribution in [-0.4, -0.2) is 17.5 Å². The maximum Gasteiger partial charge on any atom is 0.225 e. The van der Waals surface area contributed by atoms with E-state index in [1.807, 2.05) is 26.0 Å². The van der Waals surface area contributed by atoms with Gasteiger partial charge < -0.3 is 15.0 Å². The molecular weight excluding hydrogens is 304 g/mol. The molecular formula is C15H16N2O2S2. The minimum Gasteiger partial charge on any atom is -0.491 e. The van der Waals surface area contributed by atoms with Gasteiger partial charge in [-0.05, 0) is 32.1 Å². The number of aromatic nitrogens is 1. The Morgan fingerprint density at radius 3 is 3.05 bits per heavy atom. The summed E-state index contributed by atoms with van der Waals surface area (Å²) in [4.78, 5) is 16.3. The van der Waals surface area contributed by atoms with Gasteiger partial charge in [-0.15, -0.1) is 11.3 Å². The summed E-state index contributed by atoms with van der Waals surface area (Å²) < 4.78 is 6.32. The Labute approximate surface area is 132 Å². The van der Waals surface area contributed by atoms with Gasteiger partial charge in [-0.2, -0.15) is 0 Å². The topological polar surface area (TPSA) is 54.1 Å². The molecule has 1 aromatic carbocycles. The molecule has 1 aliphatic heterocycles. The number of benzene rings is 1. The Hall–Kier alpha value is -1.66. The van der Waals surface area contributed by atoms with E-state index in [1.54, 1.807) is 0 Å². The first kappa shape index (κ1) is 14.3. The summed E-state index contributed by atoms with van der Waals surface area (Å²) in [6.45, 7) is 4.46. The lowest BCUT2D eigenvalue weighted by molar-refractivity contribution is -0.121. The van der Waals surface area contributed by atoms with Crippen molar-refractivity contribution in [2.45, 2.75) is 26.3 Å². The number of carbonyl (C=O) groups excluding carboxylic acids is 1. The van der Waals surface area contributed by atoms with Crippen LogP contribution in [0.5, 0.6) is 5.75 Å². The molecule has 1 atom stereocenters. The molecule has 0 fully saturated rings. The molecule has 21 heavy (non-hydrogen) atoms. The lowest BCUT2D eigenvalue weighted by atomic mass is 10.1. The van der Waals surface area contributed by atoms with Gasteiger partial charge in [0.2, 0.25) is 5.91 Å². The maximum absolute atomic E-state index is 12.2. The summed E-state index contributed by atoms with van der Waals surface area (Å²) in [7, 11) is 0. The van der Waals surface area contributed by atoms with E-state index in [-0.39, 0.29) is 11.9 Å². The summed E-state index contributed by atoms with van der Waals surface area (Å²) in [6, 6.07) is 5.97. The summed E-state index contributed by atoms with van der Waals surface area (Å²) >= 11 is 6.55. The molecule has 2 aromatic rings. The van der Waals surface area contributed by atoms with Crippen LogP contribution in [0.3, 0.4) is 0 Å². The van der Waals surface area contributed by atoms with E-state index in [2.05, 4.69) is 16.4 Å². The van der Waals surface area contributed by atoms with Gasteiger partial charge in [-0.3, -0.25) is 4.79 Å². The van der Waals surface area contributed by atoms with Crippen molar-refractivity contribution >= 4 is 29.5 Å². The maximum atomic E-state index is 12.2. The van der Waals surface area contributed by atoms with Crippen LogP contribution < -0.4 is 10.1 Å². The molecule has 0 aliphatic carbocycles. The zero-order valence-corrected chi connectivity index (χ0v) is 13.5. The lowest BCUT2D eigenvalue weighted by Crippen LogP contribution is -2.30. The number of thiazole rings is 1. The van der Waals surface area contributed by atoms with Crippen LogP contribution in [0.2, 0.25) is 0 Å². The Morgan fingerprint density at radius 2 is 2.33 bits per heavy atom. The smallest absolute Gasteiger partial charge is 0.225 e. The molecule has 3 rings (SSSR count). The zero-order chi connectivity index (χ0) is 15.0. The lowest BCUT2D eigenvalue weighted by Gasteiger charge is -2.11. The van der Waals surface area contributed by atoms with Crippen molar-refractivity contribution in [2.24, 2.45) is 0 Å². The number of nitrogens with one attached hydrogen (secondary N) is 2. The van der Waals surface area contributed by atoms with Gasteiger partial charge in [0.1, 0.15) is 12.4 Å². The average Bonchev–Trinajstić information content (AvgIpc) is 2.94. The molecule has 0 radical (unpaired) electrons. The molecule has 1 amide bonds. The fourth-order valence-corrected chi connectivity index (χ4v) is 3.74. The van der Waals surface area contributed by atoms with Crippen LogP contribution in [0, 0.1) is 17.8 Å². The number of H-pyrrole nitrogens is 1. The van der Waals surface area contributed by atoms with Crippen molar-refractivity contribution in [1.29, 1.82) is 0 Å². The number of carbonyl (C=O) groups is 1. The SMILES string of the molecule is Cc1ccc2c(c1)[C@H](NC(=O)Cc1sc(=S)[nH]c1C)CO2. The molecule has 1 aliphatic rings. The van der Waals surface area contributed by atoms with E-state index in [0.29, 0.717) is 17.0 Å². The minimum absolute atomic E-state index is 0.00805. The first-order valence-electron chi connectivity index (χ1n) is 6.74. The molecule has 0 saturated heterocycles. The standard InChI is InChI=1S/C15H16N2O2S2/c1-8-3-4-12-10(5-8)11(7-19-12)17-14(18)6-13-9(2)16-15(20)21-13/h3-5,11H,6-7H2,1-2H3,(H,16,20)(H,17,18)/t11-/m1/s1. The van der Waals surface area contributed by atoms with Gasteiger partial charge in [-0.1, -0.05) is 17.7 Å². The van der Waals surface area contributed by atoms with E-state index >= 15 is 0 Å². The highest BCUT2D eigenvalue weighted by atomic mass is 32.1. The van der Waals surface area contributed by atoms with Gasteiger partial charge in [0, 0.05) is 16.1 Å². The fourth-order valence-electron chi connectivity index (χ4n) is 2.45. The first-order valence-corrected chi connectivity index (χ1v) is 7.96. The van der Waals surface area contributed by atoms with Crippen LogP contribution in [0.4, 0.5) is 0 Å². The van der Waals surface area contributed by atoms with E-state index < -0.39 is 0 Å². The number of aromatic amines is 1. The molecule has 0 unspecified atom stereocenters. The molecule has 2 heterocycles. The van der Waals surface area contributed by atoms with E-state index in [4.69, 9.17) is 17.0 Å². The first-order chi connectivity index (χ1) is 10.0. The fraction of sp³-hybridized carbons (Fsp3) is 0.333. The van der Waals surface area contributed by atoms with Crippen molar-refractivity contribution in [3.05, 3.63) is 43.9 Å². The number of fused-ring (bicyclic) bond motifs is 1. The largest absolute Gasteiger partial charge is 0.491 e. The number of ether oxygens (including phenoxy) is 1. The van der Waals surface area contributed by atoms with Crippen molar-refractivity contribution in [1.82, 2.24) is 10.3 Å². The third-order valence-corrected chi connectivity index (χ3v) is 4.86. The molecule has 1 aromatic heterocycles. The average molecular weight is 320 g/mol. The second kappa shape index (κ2) is 5.61. The minimum atomic E-state index is -0.0698. The number of rotatable bonds is 3. The quantitative estimate of drug-likeness (QED) is 0.854. The van der Waals surface area contributed by atoms with Crippen molar-refractivity contribution in [2.75, 3.05) is 6.61 Å². The van der Waals surface area contributed by atoms with Crippen LogP contribution in [-0.2, 0) is 11.2 Å². The number of hydrogen-bond donors (Lipinski definition) is 2. The molecule has 4 nitrogen and oxygen atoms in total. The molecule has 6 heteroatoms.